The van der Waals surface area contributed by atoms with Gasteiger partial charge < -0.3 is 15.0 Å². The number of nitrogens with one attached hydrogen (secondary N) is 1. The van der Waals surface area contributed by atoms with Crippen molar-refractivity contribution in [2.24, 2.45) is 0 Å². The van der Waals surface area contributed by atoms with E-state index in [1.165, 1.54) is 0 Å². The van der Waals surface area contributed by atoms with Crippen LogP contribution in [0.3, 0.4) is 0 Å². The number of hydrogen-bond acceptors (Lipinski definition) is 6. The van der Waals surface area contributed by atoms with Gasteiger partial charge >= 0.3 is 0 Å². The zero-order valence-electron chi connectivity index (χ0n) is 19.6. The average Bonchev–Trinajstić information content (AvgIpc) is 3.59. The van der Waals surface area contributed by atoms with E-state index in [1.807, 2.05) is 59.4 Å². The highest BCUT2D eigenvalue weighted by molar-refractivity contribution is 7.22. The number of benzene rings is 3. The van der Waals surface area contributed by atoms with Gasteiger partial charge in [-0.15, -0.1) is 0 Å². The number of thiazole rings is 1. The Bertz CT molecular complexity index is 1490. The number of morpholine rings is 1. The minimum Gasteiger partial charge on any atom is -0.378 e. The molecule has 0 radical (unpaired) electrons. The highest BCUT2D eigenvalue weighted by atomic mass is 32.1. The van der Waals surface area contributed by atoms with Crippen LogP contribution in [0.25, 0.3) is 21.3 Å². The fourth-order valence-corrected chi connectivity index (χ4v) is 5.44. The number of rotatable bonds is 6. The molecule has 0 saturated carbocycles. The minimum atomic E-state index is -0.136. The molecule has 0 unspecified atom stereocenters. The van der Waals surface area contributed by atoms with Crippen LogP contribution in [0.15, 0.2) is 85.2 Å². The van der Waals surface area contributed by atoms with Crippen molar-refractivity contribution in [3.63, 3.8) is 0 Å². The largest absolute Gasteiger partial charge is 0.378 e. The molecule has 0 spiro atoms. The number of carbonyl (C=O) groups is 1. The van der Waals surface area contributed by atoms with Crippen molar-refractivity contribution < 1.29 is 9.53 Å². The standard InChI is InChI=1S/C28H25N5O2S/c34-27(30-22-10-11-25-26(18-22)36-28(31-25)32-14-16-35-17-15-32)24-5-2-1-4-23(24)21-8-6-20(7-9-21)19-33-13-3-12-29-33/h1-13,18H,14-17,19H2,(H,30,34). The molecule has 1 fully saturated rings. The third-order valence-corrected chi connectivity index (χ3v) is 7.34. The number of fused-ring (bicyclic) bond motifs is 1. The molecular formula is C28H25N5O2S. The van der Waals surface area contributed by atoms with Crippen LogP contribution in [-0.2, 0) is 11.3 Å². The van der Waals surface area contributed by atoms with E-state index in [2.05, 4.69) is 39.6 Å². The van der Waals surface area contributed by atoms with Gasteiger partial charge in [-0.1, -0.05) is 53.8 Å². The van der Waals surface area contributed by atoms with Gasteiger partial charge in [-0.2, -0.15) is 5.10 Å². The Morgan fingerprint density at radius 3 is 2.64 bits per heavy atom. The SMILES string of the molecule is O=C(Nc1ccc2nc(N3CCOCC3)sc2c1)c1ccccc1-c1ccc(Cn2cccn2)cc1. The summed E-state index contributed by atoms with van der Waals surface area (Å²) in [5.74, 6) is -0.136. The highest BCUT2D eigenvalue weighted by Gasteiger charge is 2.17. The normalized spacial score (nSPS) is 13.7. The van der Waals surface area contributed by atoms with E-state index in [9.17, 15) is 4.79 Å². The summed E-state index contributed by atoms with van der Waals surface area (Å²) >= 11 is 1.65. The summed E-state index contributed by atoms with van der Waals surface area (Å²) in [5.41, 5.74) is 5.38. The lowest BCUT2D eigenvalue weighted by Gasteiger charge is -2.25. The summed E-state index contributed by atoms with van der Waals surface area (Å²) in [6.07, 6.45) is 3.72. The summed E-state index contributed by atoms with van der Waals surface area (Å²) in [5, 5.41) is 8.35. The van der Waals surface area contributed by atoms with E-state index in [0.29, 0.717) is 12.1 Å². The maximum absolute atomic E-state index is 13.3. The predicted molar refractivity (Wildman–Crippen MR) is 144 cm³/mol. The van der Waals surface area contributed by atoms with Crippen molar-refractivity contribution in [2.75, 3.05) is 36.5 Å². The zero-order chi connectivity index (χ0) is 24.3. The van der Waals surface area contributed by atoms with Crippen molar-refractivity contribution in [3.05, 3.63) is 96.3 Å². The minimum absolute atomic E-state index is 0.136. The van der Waals surface area contributed by atoms with Crippen LogP contribution >= 0.6 is 11.3 Å². The molecule has 1 saturated heterocycles. The molecule has 5 aromatic rings. The fourth-order valence-electron chi connectivity index (χ4n) is 4.38. The lowest BCUT2D eigenvalue weighted by atomic mass is 9.98. The Morgan fingerprint density at radius 1 is 1.00 bits per heavy atom. The van der Waals surface area contributed by atoms with Crippen molar-refractivity contribution in [2.45, 2.75) is 6.54 Å². The fraction of sp³-hybridized carbons (Fsp3) is 0.179. The molecule has 1 aliphatic rings. The molecule has 1 N–H and O–H groups in total. The van der Waals surface area contributed by atoms with Gasteiger partial charge in [0.1, 0.15) is 0 Å². The Labute approximate surface area is 213 Å². The molecule has 0 bridgehead atoms. The molecule has 6 rings (SSSR count). The van der Waals surface area contributed by atoms with Crippen LogP contribution in [0.5, 0.6) is 0 Å². The summed E-state index contributed by atoms with van der Waals surface area (Å²) < 4.78 is 8.39. The van der Waals surface area contributed by atoms with Gasteiger partial charge in [-0.25, -0.2) is 4.98 Å². The number of nitrogens with zero attached hydrogens (tertiary/aromatic N) is 4. The molecular weight excluding hydrogens is 470 g/mol. The van der Waals surface area contributed by atoms with Gasteiger partial charge in [0.2, 0.25) is 0 Å². The molecule has 3 heterocycles. The second-order valence-corrected chi connectivity index (χ2v) is 9.69. The predicted octanol–water partition coefficient (Wildman–Crippen LogP) is 5.30. The zero-order valence-corrected chi connectivity index (χ0v) is 20.4. The smallest absolute Gasteiger partial charge is 0.256 e. The van der Waals surface area contributed by atoms with Crippen molar-refractivity contribution in [1.29, 1.82) is 0 Å². The lowest BCUT2D eigenvalue weighted by Crippen LogP contribution is -2.36. The molecule has 180 valence electrons. The second kappa shape index (κ2) is 9.93. The Kier molecular flexibility index (Phi) is 6.19. The van der Waals surface area contributed by atoms with Crippen LogP contribution in [0, 0.1) is 0 Å². The van der Waals surface area contributed by atoms with Crippen molar-refractivity contribution >= 4 is 38.3 Å². The third kappa shape index (κ3) is 4.73. The molecule has 0 atom stereocenters. The molecule has 8 heteroatoms. The van der Waals surface area contributed by atoms with Gasteiger partial charge in [0, 0.05) is 36.7 Å². The van der Waals surface area contributed by atoms with Crippen LogP contribution in [0.1, 0.15) is 15.9 Å². The first kappa shape index (κ1) is 22.5. The number of anilines is 2. The molecule has 1 amide bonds. The number of amides is 1. The Balaban J connectivity index is 1.21. The molecule has 7 nitrogen and oxygen atoms in total. The molecule has 2 aromatic heterocycles. The molecule has 0 aliphatic carbocycles. The van der Waals surface area contributed by atoms with E-state index < -0.39 is 0 Å². The molecule has 36 heavy (non-hydrogen) atoms. The monoisotopic (exact) mass is 495 g/mol. The Hall–Kier alpha value is -4.01. The van der Waals surface area contributed by atoms with E-state index in [4.69, 9.17) is 9.72 Å². The van der Waals surface area contributed by atoms with Gasteiger partial charge in [-0.05, 0) is 47.0 Å². The van der Waals surface area contributed by atoms with Crippen LogP contribution in [0.4, 0.5) is 10.8 Å². The van der Waals surface area contributed by atoms with Crippen molar-refractivity contribution in [3.8, 4) is 11.1 Å². The first-order chi connectivity index (χ1) is 17.7. The molecule has 3 aromatic carbocycles. The van der Waals surface area contributed by atoms with E-state index >= 15 is 0 Å². The van der Waals surface area contributed by atoms with E-state index in [0.717, 1.165) is 64.0 Å². The van der Waals surface area contributed by atoms with Gasteiger partial charge in [-0.3, -0.25) is 9.48 Å². The maximum Gasteiger partial charge on any atom is 0.256 e. The summed E-state index contributed by atoms with van der Waals surface area (Å²) in [4.78, 5) is 20.3. The lowest BCUT2D eigenvalue weighted by molar-refractivity contribution is 0.102. The third-order valence-electron chi connectivity index (χ3n) is 6.26. The first-order valence-corrected chi connectivity index (χ1v) is 12.7. The second-order valence-electron chi connectivity index (χ2n) is 8.68. The average molecular weight is 496 g/mol. The van der Waals surface area contributed by atoms with Gasteiger partial charge in [0.15, 0.2) is 5.13 Å². The Morgan fingerprint density at radius 2 is 1.83 bits per heavy atom. The van der Waals surface area contributed by atoms with Gasteiger partial charge in [0.05, 0.1) is 30.0 Å². The summed E-state index contributed by atoms with van der Waals surface area (Å²) in [6.45, 7) is 3.87. The number of hydrogen-bond donors (Lipinski definition) is 1. The molecule has 1 aliphatic heterocycles. The van der Waals surface area contributed by atoms with Gasteiger partial charge in [0.25, 0.3) is 5.91 Å². The maximum atomic E-state index is 13.3. The summed E-state index contributed by atoms with van der Waals surface area (Å²) in [7, 11) is 0. The number of carbonyl (C=O) groups excluding carboxylic acids is 1. The highest BCUT2D eigenvalue weighted by Crippen LogP contribution is 2.32. The van der Waals surface area contributed by atoms with Crippen molar-refractivity contribution in [1.82, 2.24) is 14.8 Å². The van der Waals surface area contributed by atoms with E-state index in [-0.39, 0.29) is 5.91 Å². The van der Waals surface area contributed by atoms with Crippen LogP contribution in [0.2, 0.25) is 0 Å². The van der Waals surface area contributed by atoms with E-state index in [1.54, 1.807) is 17.5 Å². The summed E-state index contributed by atoms with van der Waals surface area (Å²) in [6, 6.07) is 23.8. The number of aromatic nitrogens is 3. The topological polar surface area (TPSA) is 72.3 Å². The van der Waals surface area contributed by atoms with Crippen LogP contribution < -0.4 is 10.2 Å². The quantitative estimate of drug-likeness (QED) is 0.346. The first-order valence-electron chi connectivity index (χ1n) is 11.9. The number of ether oxygens (including phenoxy) is 1. The van der Waals surface area contributed by atoms with Crippen LogP contribution in [-0.4, -0.2) is 47.0 Å².